The first-order chi connectivity index (χ1) is 10.2. The van der Waals surface area contributed by atoms with Gasteiger partial charge in [-0.3, -0.25) is 4.98 Å². The van der Waals surface area contributed by atoms with Crippen LogP contribution in [0, 0.1) is 0 Å². The molecule has 1 aliphatic rings. The number of nitrogens with zero attached hydrogens (tertiary/aromatic N) is 2. The van der Waals surface area contributed by atoms with E-state index in [1.54, 1.807) is 12.4 Å². The average Bonchev–Trinajstić information content (AvgIpc) is 2.48. The molecule has 116 valence electrons. The van der Waals surface area contributed by atoms with Gasteiger partial charge in [-0.05, 0) is 51.7 Å². The first kappa shape index (κ1) is 15.8. The molecule has 21 heavy (non-hydrogen) atoms. The van der Waals surface area contributed by atoms with Gasteiger partial charge in [0.15, 0.2) is 0 Å². The van der Waals surface area contributed by atoms with Crippen molar-refractivity contribution in [3.8, 4) is 0 Å². The van der Waals surface area contributed by atoms with Gasteiger partial charge in [0.2, 0.25) is 0 Å². The van der Waals surface area contributed by atoms with E-state index in [-0.39, 0.29) is 18.2 Å². The number of anilines is 1. The van der Waals surface area contributed by atoms with Gasteiger partial charge in [-0.2, -0.15) is 0 Å². The maximum absolute atomic E-state index is 12.4. The van der Waals surface area contributed by atoms with E-state index in [9.17, 15) is 4.79 Å². The predicted molar refractivity (Wildman–Crippen MR) is 83.3 cm³/mol. The maximum atomic E-state index is 12.4. The topological polar surface area (TPSA) is 54.5 Å². The van der Waals surface area contributed by atoms with Crippen molar-refractivity contribution in [3.63, 3.8) is 0 Å². The molecular weight excluding hydrogens is 266 g/mol. The number of piperidine rings is 1. The Morgan fingerprint density at radius 3 is 3.10 bits per heavy atom. The van der Waals surface area contributed by atoms with Gasteiger partial charge in [-0.25, -0.2) is 4.79 Å². The van der Waals surface area contributed by atoms with E-state index in [1.807, 2.05) is 30.9 Å². The van der Waals surface area contributed by atoms with Crippen LogP contribution in [0.15, 0.2) is 24.5 Å². The zero-order chi connectivity index (χ0) is 15.1. The number of amides is 2. The summed E-state index contributed by atoms with van der Waals surface area (Å²) in [5.74, 6) is 0. The minimum Gasteiger partial charge on any atom is -0.379 e. The van der Waals surface area contributed by atoms with Crippen molar-refractivity contribution < 1.29 is 9.53 Å². The molecule has 2 heterocycles. The van der Waals surface area contributed by atoms with Crippen LogP contribution in [0.1, 0.15) is 39.5 Å². The number of aromatic nitrogens is 1. The molecule has 1 fully saturated rings. The van der Waals surface area contributed by atoms with Gasteiger partial charge in [0.25, 0.3) is 0 Å². The van der Waals surface area contributed by atoms with Gasteiger partial charge in [0.1, 0.15) is 0 Å². The maximum Gasteiger partial charge on any atom is 0.322 e. The third kappa shape index (κ3) is 5.01. The smallest absolute Gasteiger partial charge is 0.322 e. The van der Waals surface area contributed by atoms with Crippen LogP contribution in [0.2, 0.25) is 0 Å². The Morgan fingerprint density at radius 2 is 2.38 bits per heavy atom. The Kier molecular flexibility index (Phi) is 5.99. The van der Waals surface area contributed by atoms with Crippen LogP contribution in [-0.4, -0.2) is 41.2 Å². The van der Waals surface area contributed by atoms with Crippen molar-refractivity contribution in [1.29, 1.82) is 0 Å². The van der Waals surface area contributed by atoms with Crippen molar-refractivity contribution in [1.82, 2.24) is 9.88 Å². The number of rotatable bonds is 5. The molecule has 0 spiro atoms. The lowest BCUT2D eigenvalue weighted by Crippen LogP contribution is -2.46. The first-order valence-corrected chi connectivity index (χ1v) is 7.76. The van der Waals surface area contributed by atoms with E-state index in [0.717, 1.165) is 31.5 Å². The molecule has 2 amide bonds. The van der Waals surface area contributed by atoms with E-state index in [2.05, 4.69) is 10.3 Å². The largest absolute Gasteiger partial charge is 0.379 e. The summed E-state index contributed by atoms with van der Waals surface area (Å²) in [7, 11) is 0. The standard InChI is InChI=1S/C16H25N3O2/c1-13(2)21-11-8-15-7-3-4-10-19(15)16(20)18-14-6-5-9-17-12-14/h5-6,9,12-13,15H,3-4,7-8,10-11H2,1-2H3,(H,18,20)/t15-/m1/s1. The number of nitrogens with one attached hydrogen (secondary N) is 1. The van der Waals surface area contributed by atoms with Gasteiger partial charge >= 0.3 is 6.03 Å². The number of likely N-dealkylation sites (tertiary alicyclic amines) is 1. The van der Waals surface area contributed by atoms with Crippen molar-refractivity contribution in [2.24, 2.45) is 0 Å². The Morgan fingerprint density at radius 1 is 1.52 bits per heavy atom. The lowest BCUT2D eigenvalue weighted by atomic mass is 10.00. The zero-order valence-corrected chi connectivity index (χ0v) is 12.9. The lowest BCUT2D eigenvalue weighted by Gasteiger charge is -2.35. The average molecular weight is 291 g/mol. The monoisotopic (exact) mass is 291 g/mol. The molecule has 1 saturated heterocycles. The minimum absolute atomic E-state index is 0.0303. The molecule has 1 aromatic heterocycles. The summed E-state index contributed by atoms with van der Waals surface area (Å²) >= 11 is 0. The number of hydrogen-bond donors (Lipinski definition) is 1. The van der Waals surface area contributed by atoms with Crippen LogP contribution in [0.25, 0.3) is 0 Å². The molecule has 0 radical (unpaired) electrons. The van der Waals surface area contributed by atoms with E-state index in [1.165, 1.54) is 6.42 Å². The predicted octanol–water partition coefficient (Wildman–Crippen LogP) is 3.28. The quantitative estimate of drug-likeness (QED) is 0.905. The molecular formula is C16H25N3O2. The van der Waals surface area contributed by atoms with Crippen molar-refractivity contribution in [2.75, 3.05) is 18.5 Å². The van der Waals surface area contributed by atoms with Crippen molar-refractivity contribution in [3.05, 3.63) is 24.5 Å². The molecule has 5 nitrogen and oxygen atoms in total. The summed E-state index contributed by atoms with van der Waals surface area (Å²) < 4.78 is 5.62. The Hall–Kier alpha value is -1.62. The second kappa shape index (κ2) is 7.98. The highest BCUT2D eigenvalue weighted by Gasteiger charge is 2.26. The molecule has 0 aromatic carbocycles. The molecule has 2 rings (SSSR count). The SMILES string of the molecule is CC(C)OCC[C@H]1CCCCN1C(=O)Nc1cccnc1. The van der Waals surface area contributed by atoms with Crippen LogP contribution in [0.4, 0.5) is 10.5 Å². The van der Waals surface area contributed by atoms with Gasteiger partial charge in [-0.1, -0.05) is 0 Å². The van der Waals surface area contributed by atoms with Crippen molar-refractivity contribution in [2.45, 2.75) is 51.7 Å². The molecule has 1 aliphatic heterocycles. The van der Waals surface area contributed by atoms with Crippen LogP contribution >= 0.6 is 0 Å². The molecule has 5 heteroatoms. The summed E-state index contributed by atoms with van der Waals surface area (Å²) in [5, 5.41) is 2.92. The molecule has 0 aliphatic carbocycles. The highest BCUT2D eigenvalue weighted by molar-refractivity contribution is 5.89. The van der Waals surface area contributed by atoms with Gasteiger partial charge in [0.05, 0.1) is 18.0 Å². The van der Waals surface area contributed by atoms with E-state index in [0.29, 0.717) is 6.61 Å². The van der Waals surface area contributed by atoms with Gasteiger partial charge in [0, 0.05) is 25.4 Å². The second-order valence-electron chi connectivity index (χ2n) is 5.72. The van der Waals surface area contributed by atoms with E-state index >= 15 is 0 Å². The molecule has 0 unspecified atom stereocenters. The fourth-order valence-corrected chi connectivity index (χ4v) is 2.64. The highest BCUT2D eigenvalue weighted by atomic mass is 16.5. The second-order valence-corrected chi connectivity index (χ2v) is 5.72. The summed E-state index contributed by atoms with van der Waals surface area (Å²) in [6, 6.07) is 3.91. The molecule has 0 bridgehead atoms. The number of urea groups is 1. The summed E-state index contributed by atoms with van der Waals surface area (Å²) in [4.78, 5) is 18.4. The fourth-order valence-electron chi connectivity index (χ4n) is 2.64. The van der Waals surface area contributed by atoms with Gasteiger partial charge in [-0.15, -0.1) is 0 Å². The third-order valence-electron chi connectivity index (χ3n) is 3.70. The number of ether oxygens (including phenoxy) is 1. The molecule has 1 N–H and O–H groups in total. The number of carbonyl (C=O) groups is 1. The third-order valence-corrected chi connectivity index (χ3v) is 3.70. The molecule has 1 aromatic rings. The highest BCUT2D eigenvalue weighted by Crippen LogP contribution is 2.21. The van der Waals surface area contributed by atoms with Crippen LogP contribution in [-0.2, 0) is 4.74 Å². The molecule has 1 atom stereocenters. The lowest BCUT2D eigenvalue weighted by molar-refractivity contribution is 0.0566. The number of pyridine rings is 1. The fraction of sp³-hybridized carbons (Fsp3) is 0.625. The first-order valence-electron chi connectivity index (χ1n) is 7.76. The summed E-state index contributed by atoms with van der Waals surface area (Å²) in [6.45, 7) is 5.60. The minimum atomic E-state index is -0.0303. The number of carbonyl (C=O) groups excluding carboxylic acids is 1. The van der Waals surface area contributed by atoms with Crippen LogP contribution < -0.4 is 5.32 Å². The molecule has 0 saturated carbocycles. The Bertz CT molecular complexity index is 436. The summed E-state index contributed by atoms with van der Waals surface area (Å²) in [5.41, 5.74) is 0.741. The summed E-state index contributed by atoms with van der Waals surface area (Å²) in [6.07, 6.45) is 7.82. The normalized spacial score (nSPS) is 18.8. The van der Waals surface area contributed by atoms with E-state index < -0.39 is 0 Å². The Balaban J connectivity index is 1.89. The zero-order valence-electron chi connectivity index (χ0n) is 12.9. The number of hydrogen-bond acceptors (Lipinski definition) is 3. The van der Waals surface area contributed by atoms with Crippen LogP contribution in [0.3, 0.4) is 0 Å². The van der Waals surface area contributed by atoms with Crippen molar-refractivity contribution >= 4 is 11.7 Å². The van der Waals surface area contributed by atoms with Gasteiger partial charge < -0.3 is 15.0 Å². The van der Waals surface area contributed by atoms with Crippen LogP contribution in [0.5, 0.6) is 0 Å². The Labute approximate surface area is 126 Å². The van der Waals surface area contributed by atoms with E-state index in [4.69, 9.17) is 4.74 Å².